The Labute approximate surface area is 139 Å². The summed E-state index contributed by atoms with van der Waals surface area (Å²) in [5, 5.41) is 6.30. The first-order valence-corrected chi connectivity index (χ1v) is 8.67. The summed E-state index contributed by atoms with van der Waals surface area (Å²) in [5.74, 6) is 0.637. The third-order valence-corrected chi connectivity index (χ3v) is 4.20. The highest BCUT2D eigenvalue weighted by atomic mass is 16.2. The maximum absolute atomic E-state index is 12.2. The van der Waals surface area contributed by atoms with E-state index in [0.717, 1.165) is 32.4 Å². The van der Waals surface area contributed by atoms with Crippen LogP contribution in [0.25, 0.3) is 0 Å². The van der Waals surface area contributed by atoms with Crippen LogP contribution >= 0.6 is 0 Å². The van der Waals surface area contributed by atoms with Gasteiger partial charge in [0.1, 0.15) is 0 Å². The molecule has 1 fully saturated rings. The molecule has 0 unspecified atom stereocenters. The quantitative estimate of drug-likeness (QED) is 0.761. The molecule has 0 radical (unpaired) electrons. The van der Waals surface area contributed by atoms with Gasteiger partial charge < -0.3 is 10.6 Å². The van der Waals surface area contributed by atoms with Crippen molar-refractivity contribution in [3.05, 3.63) is 35.4 Å². The van der Waals surface area contributed by atoms with Crippen molar-refractivity contribution in [3.63, 3.8) is 0 Å². The molecule has 2 rings (SSSR count). The first kappa shape index (κ1) is 17.7. The molecule has 0 aromatic heterocycles. The number of benzene rings is 1. The van der Waals surface area contributed by atoms with Crippen LogP contribution in [0.15, 0.2) is 24.3 Å². The first-order valence-electron chi connectivity index (χ1n) is 8.67. The molecule has 0 atom stereocenters. The Balaban J connectivity index is 1.76. The fourth-order valence-electron chi connectivity index (χ4n) is 2.94. The lowest BCUT2D eigenvalue weighted by Gasteiger charge is -2.23. The van der Waals surface area contributed by atoms with E-state index in [2.05, 4.69) is 24.5 Å². The van der Waals surface area contributed by atoms with E-state index in [4.69, 9.17) is 0 Å². The zero-order valence-electron chi connectivity index (χ0n) is 14.2. The van der Waals surface area contributed by atoms with Crippen molar-refractivity contribution in [1.29, 1.82) is 0 Å². The monoisotopic (exact) mass is 316 g/mol. The van der Waals surface area contributed by atoms with Gasteiger partial charge in [0.2, 0.25) is 5.91 Å². The summed E-state index contributed by atoms with van der Waals surface area (Å²) in [7, 11) is 0. The number of amides is 1. The molecule has 0 saturated carbocycles. The molecule has 2 N–H and O–H groups in total. The van der Waals surface area contributed by atoms with Crippen LogP contribution in [0.5, 0.6) is 0 Å². The molecule has 4 nitrogen and oxygen atoms in total. The third-order valence-electron chi connectivity index (χ3n) is 4.20. The van der Waals surface area contributed by atoms with Crippen molar-refractivity contribution in [1.82, 2.24) is 10.6 Å². The minimum absolute atomic E-state index is 0.0123. The molecule has 1 aromatic carbocycles. The van der Waals surface area contributed by atoms with Crippen molar-refractivity contribution in [2.45, 2.75) is 52.0 Å². The molecule has 0 bridgehead atoms. The lowest BCUT2D eigenvalue weighted by Crippen LogP contribution is -2.42. The second-order valence-corrected chi connectivity index (χ2v) is 6.81. The zero-order valence-corrected chi connectivity index (χ0v) is 14.2. The number of nitrogens with one attached hydrogen (secondary N) is 2. The van der Waals surface area contributed by atoms with Gasteiger partial charge in [-0.25, -0.2) is 0 Å². The van der Waals surface area contributed by atoms with E-state index in [1.54, 1.807) is 0 Å². The van der Waals surface area contributed by atoms with Gasteiger partial charge in [-0.15, -0.1) is 0 Å². The number of Topliss-reactive ketones (excluding diaryl/α,β-unsaturated/α-hetero) is 1. The summed E-state index contributed by atoms with van der Waals surface area (Å²) in [5.41, 5.74) is 1.95. The molecule has 126 valence electrons. The SMILES string of the molecule is CC(C)Cc1ccc(C(=O)CCC(=O)NC2CCNCC2)cc1. The molecule has 0 spiro atoms. The molecule has 1 saturated heterocycles. The smallest absolute Gasteiger partial charge is 0.220 e. The van der Waals surface area contributed by atoms with Crippen LogP contribution in [-0.2, 0) is 11.2 Å². The molecule has 1 aliphatic heterocycles. The van der Waals surface area contributed by atoms with Crippen molar-refractivity contribution in [3.8, 4) is 0 Å². The second kappa shape index (κ2) is 8.82. The number of piperidine rings is 1. The van der Waals surface area contributed by atoms with Crippen molar-refractivity contribution in [2.24, 2.45) is 5.92 Å². The average Bonchev–Trinajstić information content (AvgIpc) is 2.54. The molecule has 0 aliphatic carbocycles. The number of rotatable bonds is 7. The fourth-order valence-corrected chi connectivity index (χ4v) is 2.94. The molecular weight excluding hydrogens is 288 g/mol. The maximum Gasteiger partial charge on any atom is 0.220 e. The Morgan fingerprint density at radius 1 is 1.13 bits per heavy atom. The van der Waals surface area contributed by atoms with Gasteiger partial charge in [0, 0.05) is 24.4 Å². The van der Waals surface area contributed by atoms with Gasteiger partial charge in [-0.1, -0.05) is 38.1 Å². The first-order chi connectivity index (χ1) is 11.0. The molecule has 1 amide bonds. The highest BCUT2D eigenvalue weighted by Gasteiger charge is 2.16. The number of carbonyl (C=O) groups excluding carboxylic acids is 2. The predicted molar refractivity (Wildman–Crippen MR) is 92.6 cm³/mol. The Kier molecular flexibility index (Phi) is 6.78. The Hall–Kier alpha value is -1.68. The normalized spacial score (nSPS) is 15.6. The van der Waals surface area contributed by atoms with Gasteiger partial charge in [-0.05, 0) is 43.8 Å². The molecule has 23 heavy (non-hydrogen) atoms. The highest BCUT2D eigenvalue weighted by molar-refractivity contribution is 5.98. The van der Waals surface area contributed by atoms with Crippen LogP contribution in [0.4, 0.5) is 0 Å². The number of hydrogen-bond donors (Lipinski definition) is 2. The van der Waals surface area contributed by atoms with Gasteiger partial charge in [0.15, 0.2) is 5.78 Å². The van der Waals surface area contributed by atoms with E-state index in [0.29, 0.717) is 11.5 Å². The fraction of sp³-hybridized carbons (Fsp3) is 0.579. The van der Waals surface area contributed by atoms with Crippen molar-refractivity contribution >= 4 is 11.7 Å². The Morgan fingerprint density at radius 3 is 2.39 bits per heavy atom. The Morgan fingerprint density at radius 2 is 1.78 bits per heavy atom. The molecule has 1 aliphatic rings. The topological polar surface area (TPSA) is 58.2 Å². The lowest BCUT2D eigenvalue weighted by molar-refractivity contribution is -0.121. The van der Waals surface area contributed by atoms with Gasteiger partial charge in [0.05, 0.1) is 0 Å². The minimum atomic E-state index is -0.0123. The second-order valence-electron chi connectivity index (χ2n) is 6.81. The predicted octanol–water partition coefficient (Wildman–Crippen LogP) is 2.72. The van der Waals surface area contributed by atoms with E-state index in [1.807, 2.05) is 24.3 Å². The molecule has 1 aromatic rings. The van der Waals surface area contributed by atoms with Crippen LogP contribution in [0.3, 0.4) is 0 Å². The van der Waals surface area contributed by atoms with Crippen molar-refractivity contribution in [2.75, 3.05) is 13.1 Å². The van der Waals surface area contributed by atoms with Crippen LogP contribution in [0.2, 0.25) is 0 Å². The van der Waals surface area contributed by atoms with Crippen LogP contribution < -0.4 is 10.6 Å². The maximum atomic E-state index is 12.2. The van der Waals surface area contributed by atoms with Gasteiger partial charge in [-0.3, -0.25) is 9.59 Å². The van der Waals surface area contributed by atoms with Gasteiger partial charge in [-0.2, -0.15) is 0 Å². The number of ketones is 1. The zero-order chi connectivity index (χ0) is 16.7. The third kappa shape index (κ3) is 6.14. The van der Waals surface area contributed by atoms with Crippen molar-refractivity contribution < 1.29 is 9.59 Å². The van der Waals surface area contributed by atoms with E-state index in [-0.39, 0.29) is 30.6 Å². The highest BCUT2D eigenvalue weighted by Crippen LogP contribution is 2.12. The van der Waals surface area contributed by atoms with Gasteiger partial charge >= 0.3 is 0 Å². The summed E-state index contributed by atoms with van der Waals surface area (Å²) in [6.07, 6.45) is 3.51. The summed E-state index contributed by atoms with van der Waals surface area (Å²) in [6.45, 7) is 6.26. The van der Waals surface area contributed by atoms with Gasteiger partial charge in [0.25, 0.3) is 0 Å². The van der Waals surface area contributed by atoms with E-state index < -0.39 is 0 Å². The molecule has 4 heteroatoms. The standard InChI is InChI=1S/C19H28N2O2/c1-14(2)13-15-3-5-16(6-4-15)18(22)7-8-19(23)21-17-9-11-20-12-10-17/h3-6,14,17,20H,7-13H2,1-2H3,(H,21,23). The minimum Gasteiger partial charge on any atom is -0.353 e. The van der Waals surface area contributed by atoms with Crippen LogP contribution in [0.1, 0.15) is 55.5 Å². The number of carbonyl (C=O) groups is 2. The largest absolute Gasteiger partial charge is 0.353 e. The summed E-state index contributed by atoms with van der Waals surface area (Å²) in [6, 6.07) is 8.05. The Bertz CT molecular complexity index is 517. The van der Waals surface area contributed by atoms with E-state index in [9.17, 15) is 9.59 Å². The summed E-state index contributed by atoms with van der Waals surface area (Å²) >= 11 is 0. The summed E-state index contributed by atoms with van der Waals surface area (Å²) < 4.78 is 0. The average molecular weight is 316 g/mol. The number of hydrogen-bond acceptors (Lipinski definition) is 3. The summed E-state index contributed by atoms with van der Waals surface area (Å²) in [4.78, 5) is 24.1. The van der Waals surface area contributed by atoms with Crippen LogP contribution in [-0.4, -0.2) is 30.8 Å². The molecular formula is C19H28N2O2. The van der Waals surface area contributed by atoms with Crippen LogP contribution in [0, 0.1) is 5.92 Å². The lowest BCUT2D eigenvalue weighted by atomic mass is 9.99. The van der Waals surface area contributed by atoms with E-state index in [1.165, 1.54) is 5.56 Å². The van der Waals surface area contributed by atoms with E-state index >= 15 is 0 Å². The molecule has 1 heterocycles.